The summed E-state index contributed by atoms with van der Waals surface area (Å²) in [4.78, 5) is 35.9. The van der Waals surface area contributed by atoms with Gasteiger partial charge in [-0.2, -0.15) is 0 Å². The third-order valence-electron chi connectivity index (χ3n) is 15.9. The van der Waals surface area contributed by atoms with Crippen LogP contribution in [-0.2, 0) is 32.7 Å². The Labute approximate surface area is 538 Å². The summed E-state index contributed by atoms with van der Waals surface area (Å²) in [6.45, 7) is 4.36. The zero-order chi connectivity index (χ0) is 63.4. The lowest BCUT2D eigenvalue weighted by Crippen LogP contribution is -2.37. The molecule has 504 valence electrons. The highest BCUT2D eigenvalue weighted by Crippen LogP contribution is 2.43. The third kappa shape index (κ3) is 71.9. The van der Waals surface area contributed by atoms with Gasteiger partial charge in [0.2, 0.25) is 0 Å². The monoisotopic (exact) mass is 1240 g/mol. The number of esters is 2. The van der Waals surface area contributed by atoms with Gasteiger partial charge in [0.15, 0.2) is 6.10 Å². The summed E-state index contributed by atoms with van der Waals surface area (Å²) >= 11 is 0. The van der Waals surface area contributed by atoms with E-state index in [0.29, 0.717) is 17.4 Å². The number of ether oxygens (including phenoxy) is 2. The lowest BCUT2D eigenvalue weighted by atomic mass is 10.0. The number of hydrogen-bond donors (Lipinski definition) is 1. The Morgan fingerprint density at radius 1 is 0.368 bits per heavy atom. The van der Waals surface area contributed by atoms with Gasteiger partial charge in [-0.1, -0.05) is 336 Å². The third-order valence-corrected chi connectivity index (χ3v) is 16.9. The van der Waals surface area contributed by atoms with Gasteiger partial charge in [-0.15, -0.1) is 0 Å². The molecule has 10 heteroatoms. The lowest BCUT2D eigenvalue weighted by molar-refractivity contribution is -0.870. The van der Waals surface area contributed by atoms with E-state index in [1.165, 1.54) is 199 Å². The average molecular weight is 1240 g/mol. The van der Waals surface area contributed by atoms with Gasteiger partial charge >= 0.3 is 19.8 Å². The Balaban J connectivity index is 4.05. The number of phosphoric ester groups is 1. The van der Waals surface area contributed by atoms with Crippen molar-refractivity contribution in [2.45, 2.75) is 335 Å². The van der Waals surface area contributed by atoms with Crippen LogP contribution in [0, 0.1) is 0 Å². The minimum atomic E-state index is -4.40. The molecule has 0 aliphatic carbocycles. The Morgan fingerprint density at radius 2 is 0.655 bits per heavy atom. The highest BCUT2D eigenvalue weighted by Gasteiger charge is 2.27. The van der Waals surface area contributed by atoms with E-state index in [2.05, 4.69) is 111 Å². The summed E-state index contributed by atoms with van der Waals surface area (Å²) in [5, 5.41) is 0. The summed E-state index contributed by atoms with van der Waals surface area (Å²) in [6.07, 6.45) is 93.8. The molecule has 1 N–H and O–H groups in total. The largest absolute Gasteiger partial charge is 0.472 e. The first-order valence-corrected chi connectivity index (χ1v) is 38.0. The van der Waals surface area contributed by atoms with Gasteiger partial charge in [-0.05, 0) is 77.0 Å². The van der Waals surface area contributed by atoms with Gasteiger partial charge in [0, 0.05) is 12.8 Å². The molecule has 0 fully saturated rings. The van der Waals surface area contributed by atoms with Crippen molar-refractivity contribution < 1.29 is 42.1 Å². The van der Waals surface area contributed by atoms with Crippen LogP contribution in [-0.4, -0.2) is 74.9 Å². The molecule has 2 unspecified atom stereocenters. The van der Waals surface area contributed by atoms with Crippen LogP contribution in [0.25, 0.3) is 0 Å². The minimum Gasteiger partial charge on any atom is -0.462 e. The van der Waals surface area contributed by atoms with E-state index < -0.39 is 26.5 Å². The van der Waals surface area contributed by atoms with Gasteiger partial charge in [0.05, 0.1) is 27.7 Å². The fourth-order valence-corrected chi connectivity index (χ4v) is 11.1. The van der Waals surface area contributed by atoms with Crippen LogP contribution in [0.15, 0.2) is 97.2 Å². The zero-order valence-electron chi connectivity index (χ0n) is 57.5. The predicted molar refractivity (Wildman–Crippen MR) is 376 cm³/mol. The van der Waals surface area contributed by atoms with Crippen molar-refractivity contribution in [1.82, 2.24) is 0 Å². The Kier molecular flexibility index (Phi) is 65.0. The maximum Gasteiger partial charge on any atom is 0.472 e. The highest BCUT2D eigenvalue weighted by molar-refractivity contribution is 7.47. The maximum absolute atomic E-state index is 12.9. The van der Waals surface area contributed by atoms with Crippen LogP contribution in [0.2, 0.25) is 0 Å². The zero-order valence-corrected chi connectivity index (χ0v) is 58.4. The van der Waals surface area contributed by atoms with Gasteiger partial charge < -0.3 is 18.9 Å². The second kappa shape index (κ2) is 67.3. The molecule has 87 heavy (non-hydrogen) atoms. The number of rotatable bonds is 67. The topological polar surface area (TPSA) is 108 Å². The summed E-state index contributed by atoms with van der Waals surface area (Å²) in [6, 6.07) is 0. The standard InChI is InChI=1S/C77H138NO8P/c1-6-8-10-12-14-16-18-20-22-24-26-28-30-32-34-36-37-38-39-40-41-42-44-46-48-50-52-54-56-58-60-62-64-66-68-70-77(80)86-75(74-85-87(81,82)84-72-71-78(3,4)5)73-83-76(79)69-67-65-63-61-59-57-55-53-51-49-47-45-43-35-33-31-29-27-25-23-21-19-17-15-13-11-9-7-2/h8,10,14,16,20,22,26,28,32,34,37-38,40-41,44,46,75H,6-7,9,11-13,15,17-19,21,23-25,27,29-31,33,35-36,39,42-43,45,47-74H2,1-5H3/p+1/b10-8-,16-14-,22-20-,28-26-,34-32-,38-37-,41-40-,46-44-. The summed E-state index contributed by atoms with van der Waals surface area (Å²) in [5.41, 5.74) is 0. The second-order valence-corrected chi connectivity index (χ2v) is 27.1. The SMILES string of the molecule is CC/C=C\C/C=C\C/C=C\C/C=C\C/C=C\C/C=C\C/C=C\C/C=C\CCCCCCCCCCCCC(=O)OC(COC(=O)CCCCCCCCCCCCCCCCCCCCCCCCCCCCCC)COP(=O)(O)OCC[N+](C)(C)C. The molecule has 0 radical (unpaired) electrons. The van der Waals surface area contributed by atoms with E-state index in [1.807, 2.05) is 21.1 Å². The molecule has 9 nitrogen and oxygen atoms in total. The van der Waals surface area contributed by atoms with Crippen molar-refractivity contribution >= 4 is 19.8 Å². The van der Waals surface area contributed by atoms with Crippen LogP contribution in [0.1, 0.15) is 328 Å². The average Bonchev–Trinajstić information content (AvgIpc) is 3.67. The number of quaternary nitrogens is 1. The minimum absolute atomic E-state index is 0.0288. The molecule has 0 heterocycles. The van der Waals surface area contributed by atoms with Crippen molar-refractivity contribution in [3.63, 3.8) is 0 Å². The van der Waals surface area contributed by atoms with E-state index in [4.69, 9.17) is 18.5 Å². The number of hydrogen-bond acceptors (Lipinski definition) is 7. The molecule has 0 saturated carbocycles. The summed E-state index contributed by atoms with van der Waals surface area (Å²) in [7, 11) is 1.48. The van der Waals surface area contributed by atoms with E-state index in [-0.39, 0.29) is 32.0 Å². The first-order chi connectivity index (χ1) is 42.5. The molecule has 0 aromatic heterocycles. The molecular weight excluding hydrogens is 1100 g/mol. The Bertz CT molecular complexity index is 1790. The van der Waals surface area contributed by atoms with E-state index in [9.17, 15) is 19.0 Å². The molecule has 0 bridgehead atoms. The smallest absolute Gasteiger partial charge is 0.462 e. The van der Waals surface area contributed by atoms with Crippen LogP contribution in [0.4, 0.5) is 0 Å². The fourth-order valence-electron chi connectivity index (χ4n) is 10.3. The van der Waals surface area contributed by atoms with Crippen LogP contribution in [0.3, 0.4) is 0 Å². The van der Waals surface area contributed by atoms with Crippen LogP contribution in [0.5, 0.6) is 0 Å². The molecule has 0 rings (SSSR count). The number of carbonyl (C=O) groups is 2. The second-order valence-electron chi connectivity index (χ2n) is 25.6. The van der Waals surface area contributed by atoms with E-state index >= 15 is 0 Å². The first-order valence-electron chi connectivity index (χ1n) is 36.5. The molecule has 0 aromatic carbocycles. The van der Waals surface area contributed by atoms with Gasteiger partial charge in [0.25, 0.3) is 0 Å². The molecular formula is C77H139NO8P+. The van der Waals surface area contributed by atoms with Gasteiger partial charge in [0.1, 0.15) is 19.8 Å². The van der Waals surface area contributed by atoms with Gasteiger partial charge in [-0.3, -0.25) is 18.6 Å². The molecule has 2 atom stereocenters. The van der Waals surface area contributed by atoms with Crippen molar-refractivity contribution in [3.8, 4) is 0 Å². The first kappa shape index (κ1) is 83.9. The maximum atomic E-state index is 12.9. The fraction of sp³-hybridized carbons (Fsp3) is 0.766. The van der Waals surface area contributed by atoms with Crippen molar-refractivity contribution in [3.05, 3.63) is 97.2 Å². The van der Waals surface area contributed by atoms with Gasteiger partial charge in [-0.25, -0.2) is 4.57 Å². The summed E-state index contributed by atoms with van der Waals surface area (Å²) < 4.78 is 34.8. The molecule has 0 aliphatic rings. The molecule has 0 spiro atoms. The molecule has 0 aromatic rings. The highest BCUT2D eigenvalue weighted by atomic mass is 31.2. The molecule has 0 saturated heterocycles. The van der Waals surface area contributed by atoms with Crippen LogP contribution >= 0.6 is 7.82 Å². The van der Waals surface area contributed by atoms with E-state index in [0.717, 1.165) is 96.3 Å². The molecule has 0 amide bonds. The van der Waals surface area contributed by atoms with Crippen molar-refractivity contribution in [1.29, 1.82) is 0 Å². The number of likely N-dealkylation sites (N-methyl/N-ethyl adjacent to an activating group) is 1. The number of carbonyl (C=O) groups excluding carboxylic acids is 2. The lowest BCUT2D eigenvalue weighted by Gasteiger charge is -2.24. The normalized spacial score (nSPS) is 13.7. The Morgan fingerprint density at radius 3 is 0.977 bits per heavy atom. The predicted octanol–water partition coefficient (Wildman–Crippen LogP) is 23.9. The van der Waals surface area contributed by atoms with E-state index in [1.54, 1.807) is 0 Å². The van der Waals surface area contributed by atoms with Crippen molar-refractivity contribution in [2.24, 2.45) is 0 Å². The van der Waals surface area contributed by atoms with Crippen molar-refractivity contribution in [2.75, 3.05) is 47.5 Å². The number of unbranched alkanes of at least 4 members (excludes halogenated alkanes) is 37. The number of nitrogens with zero attached hydrogens (tertiary/aromatic N) is 1. The molecule has 0 aliphatic heterocycles. The quantitative estimate of drug-likeness (QED) is 0.0211. The number of phosphoric acid groups is 1. The summed E-state index contributed by atoms with van der Waals surface area (Å²) in [5.74, 6) is -0.792. The number of allylic oxidation sites excluding steroid dienone is 16. The Hall–Kier alpha value is -3.07. The van der Waals surface area contributed by atoms with Crippen LogP contribution < -0.4 is 0 Å².